The van der Waals surface area contributed by atoms with E-state index in [-0.39, 0.29) is 23.8 Å². The van der Waals surface area contributed by atoms with Crippen LogP contribution in [0.4, 0.5) is 5.69 Å². The van der Waals surface area contributed by atoms with Gasteiger partial charge in [-0.1, -0.05) is 71.8 Å². The molecule has 1 N–H and O–H groups in total. The van der Waals surface area contributed by atoms with Crippen molar-refractivity contribution in [1.82, 2.24) is 10.2 Å². The molecular formula is C34H36ClN3O5S. The third kappa shape index (κ3) is 7.78. The van der Waals surface area contributed by atoms with Crippen LogP contribution < -0.4 is 14.4 Å². The molecule has 2 amide bonds. The normalized spacial score (nSPS) is 11.8. The summed E-state index contributed by atoms with van der Waals surface area (Å²) in [4.78, 5) is 29.3. The predicted octanol–water partition coefficient (Wildman–Crippen LogP) is 5.55. The van der Waals surface area contributed by atoms with Crippen molar-refractivity contribution in [3.05, 3.63) is 124 Å². The lowest BCUT2D eigenvalue weighted by atomic mass is 10.0. The summed E-state index contributed by atoms with van der Waals surface area (Å²) < 4.78 is 34.8. The SMILES string of the molecule is CNC(=O)C(Cc1ccccc1)N(Cc1cccc(OC)c1)C(=O)CN(c1ccc(Cl)cc1C)S(=O)(=O)c1ccc(C)cc1. The molecule has 0 saturated heterocycles. The Balaban J connectivity index is 1.82. The topological polar surface area (TPSA) is 96.0 Å². The first-order chi connectivity index (χ1) is 21.0. The molecule has 0 aliphatic heterocycles. The standard InChI is InChI=1S/C34H36ClN3O5S/c1-24-13-16-30(17-14-24)44(41,42)38(31-18-15-28(35)19-25(31)2)23-33(39)37(22-27-11-8-12-29(20-27)43-4)32(34(40)36-3)21-26-9-6-5-7-10-26/h5-20,32H,21-23H2,1-4H3,(H,36,40). The summed E-state index contributed by atoms with van der Waals surface area (Å²) in [6.07, 6.45) is 0.223. The summed E-state index contributed by atoms with van der Waals surface area (Å²) in [6, 6.07) is 26.9. The van der Waals surface area contributed by atoms with Crippen LogP contribution in [-0.2, 0) is 32.6 Å². The second-order valence-electron chi connectivity index (χ2n) is 10.4. The fraction of sp³-hybridized carbons (Fsp3) is 0.235. The molecule has 8 nitrogen and oxygen atoms in total. The van der Waals surface area contributed by atoms with E-state index in [4.69, 9.17) is 16.3 Å². The maximum atomic E-state index is 14.4. The summed E-state index contributed by atoms with van der Waals surface area (Å²) in [5.41, 5.74) is 3.35. The Labute approximate surface area is 264 Å². The highest BCUT2D eigenvalue weighted by atomic mass is 35.5. The van der Waals surface area contributed by atoms with E-state index in [1.807, 2.05) is 43.3 Å². The number of carbonyl (C=O) groups excluding carboxylic acids is 2. The third-order valence-corrected chi connectivity index (χ3v) is 9.33. The zero-order valence-corrected chi connectivity index (χ0v) is 26.7. The first kappa shape index (κ1) is 32.6. The molecule has 4 rings (SSSR count). The molecule has 1 atom stereocenters. The zero-order valence-electron chi connectivity index (χ0n) is 25.2. The molecule has 10 heteroatoms. The fourth-order valence-corrected chi connectivity index (χ4v) is 6.64. The molecule has 0 spiro atoms. The molecule has 4 aromatic carbocycles. The number of anilines is 1. The van der Waals surface area contributed by atoms with Gasteiger partial charge in [0.25, 0.3) is 10.0 Å². The molecule has 0 aliphatic rings. The van der Waals surface area contributed by atoms with Crippen LogP contribution in [0.2, 0.25) is 5.02 Å². The van der Waals surface area contributed by atoms with Gasteiger partial charge in [-0.25, -0.2) is 8.42 Å². The molecule has 4 aromatic rings. The van der Waals surface area contributed by atoms with Gasteiger partial charge in [0.2, 0.25) is 11.8 Å². The number of hydrogen-bond acceptors (Lipinski definition) is 5. The van der Waals surface area contributed by atoms with Crippen molar-refractivity contribution < 1.29 is 22.7 Å². The van der Waals surface area contributed by atoms with E-state index >= 15 is 0 Å². The van der Waals surface area contributed by atoms with Crippen LogP contribution >= 0.6 is 11.6 Å². The van der Waals surface area contributed by atoms with E-state index in [9.17, 15) is 18.0 Å². The highest BCUT2D eigenvalue weighted by molar-refractivity contribution is 7.92. The number of nitrogens with zero attached hydrogens (tertiary/aromatic N) is 2. The highest BCUT2D eigenvalue weighted by Gasteiger charge is 2.34. The number of likely N-dealkylation sites (N-methyl/N-ethyl adjacent to an activating group) is 1. The number of sulfonamides is 1. The molecule has 0 bridgehead atoms. The maximum absolute atomic E-state index is 14.4. The van der Waals surface area contributed by atoms with E-state index < -0.39 is 28.5 Å². The number of rotatable bonds is 12. The zero-order chi connectivity index (χ0) is 31.9. The van der Waals surface area contributed by atoms with Crippen molar-refractivity contribution in [3.8, 4) is 5.75 Å². The number of hydrogen-bond donors (Lipinski definition) is 1. The van der Waals surface area contributed by atoms with Crippen molar-refractivity contribution >= 4 is 39.1 Å². The third-order valence-electron chi connectivity index (χ3n) is 7.32. The van der Waals surface area contributed by atoms with E-state index in [1.54, 1.807) is 62.6 Å². The van der Waals surface area contributed by atoms with Crippen molar-refractivity contribution in [2.45, 2.75) is 37.8 Å². The Morgan fingerprint density at radius 2 is 1.57 bits per heavy atom. The summed E-state index contributed by atoms with van der Waals surface area (Å²) in [5.74, 6) is -0.335. The van der Waals surface area contributed by atoms with Gasteiger partial charge in [0.1, 0.15) is 18.3 Å². The van der Waals surface area contributed by atoms with Gasteiger partial charge in [-0.15, -0.1) is 0 Å². The minimum atomic E-state index is -4.21. The second kappa shape index (κ2) is 14.4. The molecule has 0 saturated carbocycles. The number of amides is 2. The first-order valence-electron chi connectivity index (χ1n) is 14.1. The van der Waals surface area contributed by atoms with Gasteiger partial charge in [0, 0.05) is 25.0 Å². The monoisotopic (exact) mass is 633 g/mol. The Bertz CT molecular complexity index is 1710. The molecule has 0 heterocycles. The molecule has 44 heavy (non-hydrogen) atoms. The minimum absolute atomic E-state index is 0.0386. The van der Waals surface area contributed by atoms with E-state index in [0.29, 0.717) is 22.0 Å². The number of carbonyl (C=O) groups is 2. The molecule has 230 valence electrons. The van der Waals surface area contributed by atoms with Crippen LogP contribution in [0.25, 0.3) is 0 Å². The number of aryl methyl sites for hydroxylation is 2. The highest BCUT2D eigenvalue weighted by Crippen LogP contribution is 2.30. The molecule has 1 unspecified atom stereocenters. The largest absolute Gasteiger partial charge is 0.497 e. The molecule has 0 aliphatic carbocycles. The van der Waals surface area contributed by atoms with Gasteiger partial charge in [0.15, 0.2) is 0 Å². The summed E-state index contributed by atoms with van der Waals surface area (Å²) in [6.45, 7) is 3.09. The van der Waals surface area contributed by atoms with Crippen LogP contribution in [0.1, 0.15) is 22.3 Å². The second-order valence-corrected chi connectivity index (χ2v) is 12.7. The number of ether oxygens (including phenoxy) is 1. The van der Waals surface area contributed by atoms with Crippen LogP contribution in [0, 0.1) is 13.8 Å². The van der Waals surface area contributed by atoms with Gasteiger partial charge in [-0.05, 0) is 73.0 Å². The van der Waals surface area contributed by atoms with Crippen LogP contribution in [0.3, 0.4) is 0 Å². The van der Waals surface area contributed by atoms with Crippen molar-refractivity contribution in [2.24, 2.45) is 0 Å². The molecule has 0 radical (unpaired) electrons. The summed E-state index contributed by atoms with van der Waals surface area (Å²) >= 11 is 6.21. The van der Waals surface area contributed by atoms with Gasteiger partial charge in [0.05, 0.1) is 17.7 Å². The average Bonchev–Trinajstić information content (AvgIpc) is 3.02. The van der Waals surface area contributed by atoms with Crippen LogP contribution in [0.15, 0.2) is 102 Å². The molecule has 0 aromatic heterocycles. The van der Waals surface area contributed by atoms with Gasteiger partial charge < -0.3 is 15.0 Å². The number of benzene rings is 4. The van der Waals surface area contributed by atoms with Crippen molar-refractivity contribution in [1.29, 1.82) is 0 Å². The Morgan fingerprint density at radius 3 is 2.20 bits per heavy atom. The Kier molecular flexibility index (Phi) is 10.7. The smallest absolute Gasteiger partial charge is 0.264 e. The number of halogens is 1. The van der Waals surface area contributed by atoms with Crippen LogP contribution in [0.5, 0.6) is 5.75 Å². The van der Waals surface area contributed by atoms with Crippen molar-refractivity contribution in [2.75, 3.05) is 25.0 Å². The molecular weight excluding hydrogens is 598 g/mol. The quantitative estimate of drug-likeness (QED) is 0.221. The first-order valence-corrected chi connectivity index (χ1v) is 15.9. The summed E-state index contributed by atoms with van der Waals surface area (Å²) in [5, 5.41) is 3.12. The van der Waals surface area contributed by atoms with Gasteiger partial charge in [-0.2, -0.15) is 0 Å². The van der Waals surface area contributed by atoms with E-state index in [1.165, 1.54) is 24.1 Å². The van der Waals surface area contributed by atoms with Gasteiger partial charge >= 0.3 is 0 Å². The predicted molar refractivity (Wildman–Crippen MR) is 173 cm³/mol. The number of nitrogens with one attached hydrogen (secondary N) is 1. The van der Waals surface area contributed by atoms with E-state index in [2.05, 4.69) is 5.32 Å². The Hall–Kier alpha value is -4.34. The van der Waals surface area contributed by atoms with Crippen molar-refractivity contribution in [3.63, 3.8) is 0 Å². The fourth-order valence-electron chi connectivity index (χ4n) is 4.94. The number of methoxy groups -OCH3 is 1. The summed E-state index contributed by atoms with van der Waals surface area (Å²) in [7, 11) is -1.14. The lowest BCUT2D eigenvalue weighted by Gasteiger charge is -2.34. The molecule has 0 fully saturated rings. The maximum Gasteiger partial charge on any atom is 0.264 e. The Morgan fingerprint density at radius 1 is 0.886 bits per heavy atom. The average molecular weight is 634 g/mol. The lowest BCUT2D eigenvalue weighted by molar-refractivity contribution is -0.139. The van der Waals surface area contributed by atoms with E-state index in [0.717, 1.165) is 21.0 Å². The van der Waals surface area contributed by atoms with Crippen LogP contribution in [-0.4, -0.2) is 51.9 Å². The minimum Gasteiger partial charge on any atom is -0.497 e. The lowest BCUT2D eigenvalue weighted by Crippen LogP contribution is -2.53. The van der Waals surface area contributed by atoms with Gasteiger partial charge in [-0.3, -0.25) is 13.9 Å².